The van der Waals surface area contributed by atoms with Gasteiger partial charge in [0.05, 0.1) is 0 Å². The molecule has 0 spiro atoms. The smallest absolute Gasteiger partial charge is 0.233 e. The van der Waals surface area contributed by atoms with Crippen molar-refractivity contribution in [2.24, 2.45) is 0 Å². The van der Waals surface area contributed by atoms with Gasteiger partial charge in [0.25, 0.3) is 0 Å². The number of hydrogen-bond acceptors (Lipinski definition) is 3. The number of benzene rings is 1. The predicted octanol–water partition coefficient (Wildman–Crippen LogP) is 3.77. The van der Waals surface area contributed by atoms with E-state index in [-0.39, 0.29) is 5.41 Å². The van der Waals surface area contributed by atoms with Crippen LogP contribution in [0.2, 0.25) is 0 Å². The van der Waals surface area contributed by atoms with Crippen molar-refractivity contribution < 1.29 is 0 Å². The Balaban J connectivity index is 1.88. The first-order valence-electron chi connectivity index (χ1n) is 6.71. The molecule has 102 valence electrons. The molecule has 1 aromatic carbocycles. The van der Waals surface area contributed by atoms with E-state index in [0.29, 0.717) is 0 Å². The van der Waals surface area contributed by atoms with Gasteiger partial charge >= 0.3 is 0 Å². The van der Waals surface area contributed by atoms with Crippen LogP contribution in [-0.2, 0) is 5.41 Å². The highest BCUT2D eigenvalue weighted by molar-refractivity contribution is 5.57. The van der Waals surface area contributed by atoms with E-state index in [9.17, 15) is 0 Å². The van der Waals surface area contributed by atoms with Gasteiger partial charge in [0.2, 0.25) is 5.95 Å². The Morgan fingerprint density at radius 2 is 1.70 bits per heavy atom. The second-order valence-electron chi connectivity index (χ2n) is 5.90. The van der Waals surface area contributed by atoms with Gasteiger partial charge in [-0.05, 0) is 35.2 Å². The highest BCUT2D eigenvalue weighted by Gasteiger charge is 2.13. The van der Waals surface area contributed by atoms with Gasteiger partial charge in [-0.1, -0.05) is 39.0 Å². The van der Waals surface area contributed by atoms with Crippen LogP contribution < -0.4 is 5.32 Å². The molecule has 4 heteroatoms. The standard InChI is InChI=1S/C16H18N4/c1-16(2,3)12-7-9-13(10-8-12)17-15-19-18-14-6-4-5-11-20(14)15/h4-11H,1-3H3,(H,17,19). The molecule has 3 aromatic rings. The number of hydrogen-bond donors (Lipinski definition) is 1. The molecule has 0 aliphatic carbocycles. The van der Waals surface area contributed by atoms with Gasteiger partial charge in [-0.25, -0.2) is 0 Å². The Kier molecular flexibility index (Phi) is 2.93. The first kappa shape index (κ1) is 12.7. The van der Waals surface area contributed by atoms with Crippen molar-refractivity contribution in [3.63, 3.8) is 0 Å². The van der Waals surface area contributed by atoms with Crippen LogP contribution in [0.3, 0.4) is 0 Å². The Hall–Kier alpha value is -2.36. The van der Waals surface area contributed by atoms with Gasteiger partial charge in [-0.3, -0.25) is 4.40 Å². The minimum atomic E-state index is 0.167. The normalized spacial score (nSPS) is 11.8. The fourth-order valence-corrected chi connectivity index (χ4v) is 2.11. The number of aromatic nitrogens is 3. The topological polar surface area (TPSA) is 42.2 Å². The molecular formula is C16H18N4. The minimum Gasteiger partial charge on any atom is -0.324 e. The highest BCUT2D eigenvalue weighted by atomic mass is 15.3. The van der Waals surface area contributed by atoms with Gasteiger partial charge in [0.15, 0.2) is 5.65 Å². The summed E-state index contributed by atoms with van der Waals surface area (Å²) in [5.41, 5.74) is 3.33. The van der Waals surface area contributed by atoms with Gasteiger partial charge < -0.3 is 5.32 Å². The molecule has 0 atom stereocenters. The molecule has 4 nitrogen and oxygen atoms in total. The van der Waals surface area contributed by atoms with Gasteiger partial charge in [0, 0.05) is 11.9 Å². The van der Waals surface area contributed by atoms with Gasteiger partial charge in [0.1, 0.15) is 0 Å². The minimum absolute atomic E-state index is 0.167. The Bertz CT molecular complexity index is 720. The van der Waals surface area contributed by atoms with E-state index in [1.165, 1.54) is 5.56 Å². The zero-order valence-electron chi connectivity index (χ0n) is 12.0. The zero-order chi connectivity index (χ0) is 14.2. The van der Waals surface area contributed by atoms with Crippen LogP contribution in [0.25, 0.3) is 5.65 Å². The van der Waals surface area contributed by atoms with Crippen molar-refractivity contribution in [2.75, 3.05) is 5.32 Å². The van der Waals surface area contributed by atoms with Crippen LogP contribution in [0.1, 0.15) is 26.3 Å². The average molecular weight is 266 g/mol. The molecule has 0 radical (unpaired) electrons. The molecular weight excluding hydrogens is 248 g/mol. The number of nitrogens with zero attached hydrogens (tertiary/aromatic N) is 3. The molecule has 0 aliphatic heterocycles. The van der Waals surface area contributed by atoms with Crippen LogP contribution in [0.4, 0.5) is 11.6 Å². The molecule has 0 saturated heterocycles. The summed E-state index contributed by atoms with van der Waals surface area (Å²) in [6.45, 7) is 6.63. The zero-order valence-corrected chi connectivity index (χ0v) is 12.0. The maximum absolute atomic E-state index is 4.16. The summed E-state index contributed by atoms with van der Waals surface area (Å²) in [4.78, 5) is 0. The molecule has 0 saturated carbocycles. The molecule has 0 fully saturated rings. The molecule has 1 N–H and O–H groups in total. The predicted molar refractivity (Wildman–Crippen MR) is 81.4 cm³/mol. The van der Waals surface area contributed by atoms with Crippen LogP contribution in [0.15, 0.2) is 48.7 Å². The maximum atomic E-state index is 4.16. The number of pyridine rings is 1. The second kappa shape index (κ2) is 4.63. The monoisotopic (exact) mass is 266 g/mol. The Labute approximate surface area is 118 Å². The summed E-state index contributed by atoms with van der Waals surface area (Å²) in [5, 5.41) is 11.6. The van der Waals surface area contributed by atoms with Crippen molar-refractivity contribution in [3.05, 3.63) is 54.2 Å². The van der Waals surface area contributed by atoms with Gasteiger partial charge in [-0.15, -0.1) is 10.2 Å². The highest BCUT2D eigenvalue weighted by Crippen LogP contribution is 2.24. The lowest BCUT2D eigenvalue weighted by Gasteiger charge is -2.19. The maximum Gasteiger partial charge on any atom is 0.233 e. The third-order valence-corrected chi connectivity index (χ3v) is 3.32. The number of fused-ring (bicyclic) bond motifs is 1. The quantitative estimate of drug-likeness (QED) is 0.767. The van der Waals surface area contributed by atoms with Crippen molar-refractivity contribution in [1.82, 2.24) is 14.6 Å². The van der Waals surface area contributed by atoms with E-state index in [0.717, 1.165) is 17.3 Å². The van der Waals surface area contributed by atoms with Gasteiger partial charge in [-0.2, -0.15) is 0 Å². The number of nitrogens with one attached hydrogen (secondary N) is 1. The lowest BCUT2D eigenvalue weighted by molar-refractivity contribution is 0.590. The fourth-order valence-electron chi connectivity index (χ4n) is 2.11. The molecule has 0 bridgehead atoms. The summed E-state index contributed by atoms with van der Waals surface area (Å²) in [6.07, 6.45) is 1.95. The van der Waals surface area contributed by atoms with E-state index in [2.05, 4.69) is 60.6 Å². The molecule has 0 aliphatic rings. The third-order valence-electron chi connectivity index (χ3n) is 3.32. The lowest BCUT2D eigenvalue weighted by Crippen LogP contribution is -2.10. The number of anilines is 2. The van der Waals surface area contributed by atoms with E-state index in [1.807, 2.05) is 28.8 Å². The summed E-state index contributed by atoms with van der Waals surface area (Å²) >= 11 is 0. The van der Waals surface area contributed by atoms with E-state index in [4.69, 9.17) is 0 Å². The SMILES string of the molecule is CC(C)(C)c1ccc(Nc2nnc3ccccn23)cc1. The van der Waals surface area contributed by atoms with Crippen molar-refractivity contribution in [2.45, 2.75) is 26.2 Å². The fraction of sp³-hybridized carbons (Fsp3) is 0.250. The molecule has 2 aromatic heterocycles. The molecule has 3 rings (SSSR count). The van der Waals surface area contributed by atoms with E-state index < -0.39 is 0 Å². The summed E-state index contributed by atoms with van der Waals surface area (Å²) in [5.74, 6) is 0.726. The van der Waals surface area contributed by atoms with Crippen LogP contribution in [0, 0.1) is 0 Å². The first-order valence-corrected chi connectivity index (χ1v) is 6.71. The third kappa shape index (κ3) is 2.37. The largest absolute Gasteiger partial charge is 0.324 e. The molecule has 0 amide bonds. The molecule has 0 unspecified atom stereocenters. The molecule has 2 heterocycles. The van der Waals surface area contributed by atoms with Crippen molar-refractivity contribution in [3.8, 4) is 0 Å². The van der Waals surface area contributed by atoms with E-state index >= 15 is 0 Å². The van der Waals surface area contributed by atoms with Crippen LogP contribution in [-0.4, -0.2) is 14.6 Å². The number of rotatable bonds is 2. The van der Waals surface area contributed by atoms with Crippen molar-refractivity contribution in [1.29, 1.82) is 0 Å². The first-order chi connectivity index (χ1) is 9.54. The van der Waals surface area contributed by atoms with Crippen LogP contribution in [0.5, 0.6) is 0 Å². The summed E-state index contributed by atoms with van der Waals surface area (Å²) < 4.78 is 1.93. The Morgan fingerprint density at radius 1 is 0.950 bits per heavy atom. The lowest BCUT2D eigenvalue weighted by atomic mass is 9.87. The van der Waals surface area contributed by atoms with Crippen molar-refractivity contribution >= 4 is 17.3 Å². The van der Waals surface area contributed by atoms with Crippen LogP contribution >= 0.6 is 0 Å². The second-order valence-corrected chi connectivity index (χ2v) is 5.90. The molecule has 20 heavy (non-hydrogen) atoms. The Morgan fingerprint density at radius 3 is 2.40 bits per heavy atom. The summed E-state index contributed by atoms with van der Waals surface area (Å²) in [6, 6.07) is 14.3. The van der Waals surface area contributed by atoms with E-state index in [1.54, 1.807) is 0 Å². The summed E-state index contributed by atoms with van der Waals surface area (Å²) in [7, 11) is 0. The average Bonchev–Trinajstić information content (AvgIpc) is 2.82.